The number of hydrogen-bond acceptors (Lipinski definition) is 8. The number of thioether (sulfide) groups is 1. The smallest absolute Gasteiger partial charge is 0.322 e. The average molecular weight is 430 g/mol. The second-order valence-electron chi connectivity index (χ2n) is 6.09. The fraction of sp³-hybridized carbons (Fsp3) is 0.562. The number of H-pyrrole nitrogens is 1. The summed E-state index contributed by atoms with van der Waals surface area (Å²) in [7, 11) is 0. The average Bonchev–Trinajstić information content (AvgIpc) is 3.20. The highest BCUT2D eigenvalue weighted by Gasteiger charge is 2.28. The lowest BCUT2D eigenvalue weighted by molar-refractivity contribution is -0.139. The second kappa shape index (κ2) is 12.7. The van der Waals surface area contributed by atoms with E-state index in [9.17, 15) is 24.3 Å². The van der Waals surface area contributed by atoms with Crippen molar-refractivity contribution in [1.82, 2.24) is 25.9 Å². The summed E-state index contributed by atoms with van der Waals surface area (Å²) in [4.78, 5) is 54.1. The maximum absolute atomic E-state index is 12.6. The van der Waals surface area contributed by atoms with Crippen LogP contribution in [0.2, 0.25) is 0 Å². The fourth-order valence-corrected chi connectivity index (χ4v) is 2.72. The van der Waals surface area contributed by atoms with Crippen molar-refractivity contribution in [2.75, 3.05) is 25.2 Å². The third-order valence-electron chi connectivity index (χ3n) is 3.81. The van der Waals surface area contributed by atoms with Crippen LogP contribution >= 0.6 is 11.8 Å². The zero-order chi connectivity index (χ0) is 21.8. The van der Waals surface area contributed by atoms with Gasteiger partial charge in [-0.1, -0.05) is 0 Å². The van der Waals surface area contributed by atoms with Crippen LogP contribution in [0.3, 0.4) is 0 Å². The number of carboxylic acids is 1. The molecule has 0 spiro atoms. The third kappa shape index (κ3) is 8.93. The molecule has 0 saturated heterocycles. The number of hydrogen-bond donors (Lipinski definition) is 7. The fourth-order valence-electron chi connectivity index (χ4n) is 2.23. The van der Waals surface area contributed by atoms with E-state index in [1.165, 1.54) is 24.3 Å². The van der Waals surface area contributed by atoms with Crippen molar-refractivity contribution in [3.63, 3.8) is 0 Å². The Labute approximate surface area is 171 Å². The molecule has 0 bridgehead atoms. The minimum absolute atomic E-state index is 0.0434. The Kier molecular flexibility index (Phi) is 10.7. The Bertz CT molecular complexity index is 685. The summed E-state index contributed by atoms with van der Waals surface area (Å²) < 4.78 is 0. The molecule has 0 fully saturated rings. The van der Waals surface area contributed by atoms with Crippen LogP contribution in [-0.4, -0.2) is 87.2 Å². The summed E-state index contributed by atoms with van der Waals surface area (Å²) in [6, 6.07) is -3.29. The van der Waals surface area contributed by atoms with Crippen molar-refractivity contribution in [1.29, 1.82) is 0 Å². The molecule has 3 amide bonds. The van der Waals surface area contributed by atoms with Gasteiger partial charge < -0.3 is 36.9 Å². The third-order valence-corrected chi connectivity index (χ3v) is 4.45. The number of nitrogens with one attached hydrogen (secondary N) is 4. The first-order valence-electron chi connectivity index (χ1n) is 8.71. The second-order valence-corrected chi connectivity index (χ2v) is 7.07. The van der Waals surface area contributed by atoms with Crippen molar-refractivity contribution in [2.24, 2.45) is 5.73 Å². The van der Waals surface area contributed by atoms with E-state index in [0.29, 0.717) is 17.9 Å². The van der Waals surface area contributed by atoms with E-state index in [2.05, 4.69) is 25.9 Å². The van der Waals surface area contributed by atoms with Gasteiger partial charge in [-0.15, -0.1) is 0 Å². The molecule has 0 aliphatic carbocycles. The molecule has 29 heavy (non-hydrogen) atoms. The normalized spacial score (nSPS) is 13.8. The molecule has 12 nitrogen and oxygen atoms in total. The van der Waals surface area contributed by atoms with Crippen LogP contribution in [-0.2, 0) is 25.6 Å². The number of aliphatic hydroxyl groups is 1. The summed E-state index contributed by atoms with van der Waals surface area (Å²) in [6.45, 7) is -1.42. The highest BCUT2D eigenvalue weighted by molar-refractivity contribution is 7.98. The number of carboxylic acid groups (broad SMARTS) is 1. The topological polar surface area (TPSA) is 200 Å². The van der Waals surface area contributed by atoms with Crippen LogP contribution in [0.25, 0.3) is 0 Å². The van der Waals surface area contributed by atoms with E-state index in [1.807, 2.05) is 6.26 Å². The predicted octanol–water partition coefficient (Wildman–Crippen LogP) is -2.80. The lowest BCUT2D eigenvalue weighted by Crippen LogP contribution is -2.57. The number of aliphatic hydroxyl groups excluding tert-OH is 1. The number of carbonyl (C=O) groups excluding carboxylic acids is 3. The van der Waals surface area contributed by atoms with E-state index in [0.717, 1.165) is 0 Å². The van der Waals surface area contributed by atoms with E-state index in [-0.39, 0.29) is 6.42 Å². The number of amides is 3. The van der Waals surface area contributed by atoms with Gasteiger partial charge in [0, 0.05) is 18.3 Å². The first-order valence-corrected chi connectivity index (χ1v) is 10.1. The number of carbonyl (C=O) groups is 4. The molecule has 162 valence electrons. The van der Waals surface area contributed by atoms with Crippen LogP contribution in [0, 0.1) is 0 Å². The Morgan fingerprint density at radius 3 is 2.45 bits per heavy atom. The highest BCUT2D eigenvalue weighted by Crippen LogP contribution is 2.03. The molecule has 0 aliphatic heterocycles. The van der Waals surface area contributed by atoms with Crippen LogP contribution in [0.15, 0.2) is 12.5 Å². The van der Waals surface area contributed by atoms with Gasteiger partial charge in [0.15, 0.2) is 0 Å². The van der Waals surface area contributed by atoms with Gasteiger partial charge in [0.1, 0.15) is 18.6 Å². The number of aromatic amines is 1. The number of nitrogens with two attached hydrogens (primary N) is 1. The quantitative estimate of drug-likeness (QED) is 0.173. The standard InChI is InChI=1S/C16H26N6O6S/c1-29-3-2-10(17)14(26)21-11(4-9-5-18-8-20-9)16(28)22-12(7-23)15(27)19-6-13(24)25/h5,8,10-12,23H,2-4,6-7,17H2,1H3,(H,18,20)(H,19,27)(H,21,26)(H,22,28)(H,24,25). The van der Waals surface area contributed by atoms with Crippen molar-refractivity contribution in [3.05, 3.63) is 18.2 Å². The molecule has 1 heterocycles. The molecule has 0 saturated carbocycles. The summed E-state index contributed by atoms with van der Waals surface area (Å²) in [5, 5.41) is 24.9. The molecule has 3 atom stereocenters. The first kappa shape index (κ1) is 24.4. The molecule has 0 aromatic carbocycles. The summed E-state index contributed by atoms with van der Waals surface area (Å²) in [5.74, 6) is -2.75. The van der Waals surface area contributed by atoms with Gasteiger partial charge >= 0.3 is 5.97 Å². The van der Waals surface area contributed by atoms with Crippen LogP contribution in [0.4, 0.5) is 0 Å². The molecular formula is C16H26N6O6S. The highest BCUT2D eigenvalue weighted by atomic mass is 32.2. The van der Waals surface area contributed by atoms with E-state index in [4.69, 9.17) is 10.8 Å². The van der Waals surface area contributed by atoms with Gasteiger partial charge in [0.2, 0.25) is 17.7 Å². The Morgan fingerprint density at radius 2 is 1.90 bits per heavy atom. The van der Waals surface area contributed by atoms with Crippen molar-refractivity contribution < 1.29 is 29.4 Å². The maximum Gasteiger partial charge on any atom is 0.322 e. The number of imidazole rings is 1. The van der Waals surface area contributed by atoms with Gasteiger partial charge in [-0.05, 0) is 18.4 Å². The Morgan fingerprint density at radius 1 is 1.21 bits per heavy atom. The zero-order valence-corrected chi connectivity index (χ0v) is 16.7. The minimum atomic E-state index is -1.38. The largest absolute Gasteiger partial charge is 0.480 e. The molecule has 13 heteroatoms. The molecule has 3 unspecified atom stereocenters. The van der Waals surface area contributed by atoms with Crippen LogP contribution in [0.5, 0.6) is 0 Å². The molecular weight excluding hydrogens is 404 g/mol. The molecule has 1 aromatic heterocycles. The number of rotatable bonds is 13. The lowest BCUT2D eigenvalue weighted by Gasteiger charge is -2.23. The first-order chi connectivity index (χ1) is 13.8. The number of aromatic nitrogens is 2. The summed E-state index contributed by atoms with van der Waals surface area (Å²) in [6.07, 6.45) is 5.23. The van der Waals surface area contributed by atoms with E-state index >= 15 is 0 Å². The monoisotopic (exact) mass is 430 g/mol. The van der Waals surface area contributed by atoms with Gasteiger partial charge in [-0.2, -0.15) is 11.8 Å². The molecule has 1 aromatic rings. The van der Waals surface area contributed by atoms with E-state index < -0.39 is 55.0 Å². The zero-order valence-electron chi connectivity index (χ0n) is 15.9. The predicted molar refractivity (Wildman–Crippen MR) is 105 cm³/mol. The van der Waals surface area contributed by atoms with Crippen molar-refractivity contribution in [3.8, 4) is 0 Å². The van der Waals surface area contributed by atoms with Crippen LogP contribution in [0.1, 0.15) is 12.1 Å². The molecule has 0 aliphatic rings. The Balaban J connectivity index is 2.81. The SMILES string of the molecule is CSCCC(N)C(=O)NC(Cc1cnc[nH]1)C(=O)NC(CO)C(=O)NCC(=O)O. The summed E-state index contributed by atoms with van der Waals surface area (Å²) in [5.41, 5.74) is 6.39. The van der Waals surface area contributed by atoms with Gasteiger partial charge in [0.25, 0.3) is 0 Å². The number of nitrogens with zero attached hydrogens (tertiary/aromatic N) is 1. The molecule has 0 radical (unpaired) electrons. The van der Waals surface area contributed by atoms with Crippen LogP contribution < -0.4 is 21.7 Å². The number of aliphatic carboxylic acids is 1. The molecule has 1 rings (SSSR count). The van der Waals surface area contributed by atoms with Crippen molar-refractivity contribution >= 4 is 35.5 Å². The molecule has 8 N–H and O–H groups in total. The Hall–Kier alpha value is -2.64. The summed E-state index contributed by atoms with van der Waals surface area (Å²) >= 11 is 1.53. The van der Waals surface area contributed by atoms with Gasteiger partial charge in [0.05, 0.1) is 19.0 Å². The minimum Gasteiger partial charge on any atom is -0.480 e. The van der Waals surface area contributed by atoms with E-state index in [1.54, 1.807) is 0 Å². The lowest BCUT2D eigenvalue weighted by atomic mass is 10.1. The van der Waals surface area contributed by atoms with Crippen molar-refractivity contribution in [2.45, 2.75) is 31.0 Å². The van der Waals surface area contributed by atoms with Gasteiger partial charge in [-0.25, -0.2) is 4.98 Å². The van der Waals surface area contributed by atoms with Gasteiger partial charge in [-0.3, -0.25) is 19.2 Å². The maximum atomic E-state index is 12.6.